The number of nitrogens with zero attached hydrogens (tertiary/aromatic N) is 1. The highest BCUT2D eigenvalue weighted by Gasteiger charge is 2.16. The summed E-state index contributed by atoms with van der Waals surface area (Å²) < 4.78 is 0. The van der Waals surface area contributed by atoms with Crippen LogP contribution in [-0.2, 0) is 13.0 Å². The highest BCUT2D eigenvalue weighted by atomic mass is 32.1. The maximum Gasteiger partial charge on any atom is 0.0932 e. The van der Waals surface area contributed by atoms with Gasteiger partial charge in [-0.1, -0.05) is 0 Å². The number of hydrogen-bond acceptors (Lipinski definition) is 4. The first-order valence-corrected chi connectivity index (χ1v) is 5.51. The van der Waals surface area contributed by atoms with E-state index in [4.69, 9.17) is 5.11 Å². The molecular formula is C9H14N2OS. The summed E-state index contributed by atoms with van der Waals surface area (Å²) in [5.41, 5.74) is 0.811. The Morgan fingerprint density at radius 1 is 1.69 bits per heavy atom. The largest absolute Gasteiger partial charge is 0.390 e. The van der Waals surface area contributed by atoms with Crippen LogP contribution in [0, 0.1) is 5.92 Å². The second kappa shape index (κ2) is 4.17. The molecule has 1 aliphatic heterocycles. The molecule has 1 aromatic heterocycles. The summed E-state index contributed by atoms with van der Waals surface area (Å²) in [4.78, 5) is 4.33. The molecule has 1 aliphatic rings. The molecule has 0 bridgehead atoms. The van der Waals surface area contributed by atoms with Crippen LogP contribution in [0.4, 0.5) is 0 Å². The van der Waals surface area contributed by atoms with E-state index in [0.29, 0.717) is 0 Å². The summed E-state index contributed by atoms with van der Waals surface area (Å²) in [5.74, 6) is 0.748. The third-order valence-electron chi connectivity index (χ3n) is 2.39. The number of aliphatic hydroxyl groups excluding tert-OH is 1. The Balaban J connectivity index is 1.92. The van der Waals surface area contributed by atoms with Crippen molar-refractivity contribution >= 4 is 11.3 Å². The van der Waals surface area contributed by atoms with Crippen LogP contribution in [0.5, 0.6) is 0 Å². The number of hydrogen-bond donors (Lipinski definition) is 2. The predicted octanol–water partition coefficient (Wildman–Crippen LogP) is 0.787. The lowest BCUT2D eigenvalue weighted by Crippen LogP contribution is -2.10. The van der Waals surface area contributed by atoms with Gasteiger partial charge in [-0.3, -0.25) is 0 Å². The fourth-order valence-electron chi connectivity index (χ4n) is 1.65. The van der Waals surface area contributed by atoms with Gasteiger partial charge in [-0.15, -0.1) is 11.3 Å². The molecule has 0 aliphatic carbocycles. The minimum atomic E-state index is 0.0689. The van der Waals surface area contributed by atoms with E-state index < -0.39 is 0 Å². The highest BCUT2D eigenvalue weighted by Crippen LogP contribution is 2.18. The molecule has 1 aromatic rings. The molecule has 0 saturated carbocycles. The molecule has 1 saturated heterocycles. The van der Waals surface area contributed by atoms with Crippen LogP contribution in [0.1, 0.15) is 17.1 Å². The summed E-state index contributed by atoms with van der Waals surface area (Å²) in [5, 5.41) is 15.3. The Bertz CT molecular complexity index is 268. The zero-order valence-corrected chi connectivity index (χ0v) is 8.31. The molecule has 72 valence electrons. The lowest BCUT2D eigenvalue weighted by molar-refractivity contribution is 0.277. The van der Waals surface area contributed by atoms with Crippen molar-refractivity contribution in [3.8, 4) is 0 Å². The van der Waals surface area contributed by atoms with E-state index in [-0.39, 0.29) is 6.61 Å². The Hall–Kier alpha value is -0.450. The average molecular weight is 198 g/mol. The average Bonchev–Trinajstić information content (AvgIpc) is 2.76. The van der Waals surface area contributed by atoms with Crippen LogP contribution in [0.25, 0.3) is 0 Å². The molecule has 4 heteroatoms. The quantitative estimate of drug-likeness (QED) is 0.754. The van der Waals surface area contributed by atoms with Crippen LogP contribution < -0.4 is 5.32 Å². The van der Waals surface area contributed by atoms with Gasteiger partial charge in [0, 0.05) is 11.8 Å². The van der Waals surface area contributed by atoms with E-state index in [1.54, 1.807) is 11.3 Å². The minimum Gasteiger partial charge on any atom is -0.390 e. The van der Waals surface area contributed by atoms with Crippen molar-refractivity contribution < 1.29 is 5.11 Å². The molecule has 13 heavy (non-hydrogen) atoms. The number of thiazole rings is 1. The SMILES string of the molecule is OCc1csc(CC2CCNC2)n1. The van der Waals surface area contributed by atoms with Gasteiger partial charge >= 0.3 is 0 Å². The van der Waals surface area contributed by atoms with E-state index in [1.165, 1.54) is 6.42 Å². The summed E-state index contributed by atoms with van der Waals surface area (Å²) in [6.07, 6.45) is 2.33. The van der Waals surface area contributed by atoms with Gasteiger partial charge in [-0.25, -0.2) is 4.98 Å². The Morgan fingerprint density at radius 2 is 2.62 bits per heavy atom. The Kier molecular flexibility index (Phi) is 2.93. The maximum atomic E-state index is 8.84. The molecule has 1 fully saturated rings. The second-order valence-corrected chi connectivity index (χ2v) is 4.40. The summed E-state index contributed by atoms with van der Waals surface area (Å²) >= 11 is 1.66. The fourth-order valence-corrected chi connectivity index (χ4v) is 2.55. The lowest BCUT2D eigenvalue weighted by atomic mass is 10.1. The molecule has 0 aromatic carbocycles. The van der Waals surface area contributed by atoms with Gasteiger partial charge in [0.25, 0.3) is 0 Å². The molecule has 2 N–H and O–H groups in total. The van der Waals surface area contributed by atoms with Gasteiger partial charge in [-0.2, -0.15) is 0 Å². The number of aromatic nitrogens is 1. The normalized spacial score (nSPS) is 22.4. The standard InChI is InChI=1S/C9H14N2OS/c12-5-8-6-13-9(11-8)3-7-1-2-10-4-7/h6-7,10,12H,1-5H2. The van der Waals surface area contributed by atoms with Crippen LogP contribution >= 0.6 is 11.3 Å². The van der Waals surface area contributed by atoms with Crippen LogP contribution in [0.2, 0.25) is 0 Å². The monoisotopic (exact) mass is 198 g/mol. The highest BCUT2D eigenvalue weighted by molar-refractivity contribution is 7.09. The van der Waals surface area contributed by atoms with Gasteiger partial charge in [0.05, 0.1) is 17.3 Å². The van der Waals surface area contributed by atoms with Gasteiger partial charge in [0.1, 0.15) is 0 Å². The first-order chi connectivity index (χ1) is 6.38. The van der Waals surface area contributed by atoms with Gasteiger partial charge < -0.3 is 10.4 Å². The molecule has 2 heterocycles. The van der Waals surface area contributed by atoms with Crippen LogP contribution in [0.3, 0.4) is 0 Å². The molecule has 1 unspecified atom stereocenters. The first kappa shape index (κ1) is 9.12. The number of nitrogens with one attached hydrogen (secondary N) is 1. The van der Waals surface area contributed by atoms with Crippen molar-refractivity contribution in [1.29, 1.82) is 0 Å². The number of aliphatic hydroxyl groups is 1. The first-order valence-electron chi connectivity index (χ1n) is 4.63. The summed E-state index contributed by atoms with van der Waals surface area (Å²) in [6, 6.07) is 0. The maximum absolute atomic E-state index is 8.84. The fraction of sp³-hybridized carbons (Fsp3) is 0.667. The lowest BCUT2D eigenvalue weighted by Gasteiger charge is -2.03. The third kappa shape index (κ3) is 2.27. The van der Waals surface area contributed by atoms with Crippen molar-refractivity contribution in [2.75, 3.05) is 13.1 Å². The van der Waals surface area contributed by atoms with Gasteiger partial charge in [0.2, 0.25) is 0 Å². The van der Waals surface area contributed by atoms with Crippen molar-refractivity contribution in [2.45, 2.75) is 19.4 Å². The van der Waals surface area contributed by atoms with Gasteiger partial charge in [0.15, 0.2) is 0 Å². The van der Waals surface area contributed by atoms with Crippen LogP contribution in [0.15, 0.2) is 5.38 Å². The van der Waals surface area contributed by atoms with Crippen LogP contribution in [-0.4, -0.2) is 23.2 Å². The molecule has 0 radical (unpaired) electrons. The van der Waals surface area contributed by atoms with Crippen molar-refractivity contribution in [3.63, 3.8) is 0 Å². The molecule has 1 atom stereocenters. The molecule has 0 amide bonds. The smallest absolute Gasteiger partial charge is 0.0932 e. The zero-order chi connectivity index (χ0) is 9.10. The second-order valence-electron chi connectivity index (χ2n) is 3.45. The molecule has 0 spiro atoms. The topological polar surface area (TPSA) is 45.1 Å². The third-order valence-corrected chi connectivity index (χ3v) is 3.31. The Morgan fingerprint density at radius 3 is 3.23 bits per heavy atom. The predicted molar refractivity (Wildman–Crippen MR) is 52.7 cm³/mol. The van der Waals surface area contributed by atoms with E-state index in [9.17, 15) is 0 Å². The van der Waals surface area contributed by atoms with Crippen molar-refractivity contribution in [3.05, 3.63) is 16.1 Å². The van der Waals surface area contributed by atoms with E-state index in [1.807, 2.05) is 5.38 Å². The minimum absolute atomic E-state index is 0.0689. The van der Waals surface area contributed by atoms with Gasteiger partial charge in [-0.05, 0) is 25.4 Å². The van der Waals surface area contributed by atoms with Crippen molar-refractivity contribution in [2.24, 2.45) is 5.92 Å². The molecular weight excluding hydrogens is 184 g/mol. The number of rotatable bonds is 3. The Labute approximate surface area is 81.8 Å². The summed E-state index contributed by atoms with van der Waals surface area (Å²) in [6.45, 7) is 2.33. The van der Waals surface area contributed by atoms with E-state index >= 15 is 0 Å². The molecule has 2 rings (SSSR count). The zero-order valence-electron chi connectivity index (χ0n) is 7.49. The van der Waals surface area contributed by atoms with Crippen molar-refractivity contribution in [1.82, 2.24) is 10.3 Å². The molecule has 3 nitrogen and oxygen atoms in total. The van der Waals surface area contributed by atoms with E-state index in [2.05, 4.69) is 10.3 Å². The van der Waals surface area contributed by atoms with E-state index in [0.717, 1.165) is 36.1 Å². The summed E-state index contributed by atoms with van der Waals surface area (Å²) in [7, 11) is 0.